The maximum Gasteiger partial charge on any atom is 0.0462 e. The molecule has 1 atom stereocenters. The second kappa shape index (κ2) is 3.11. The van der Waals surface area contributed by atoms with Crippen LogP contribution in [-0.2, 0) is 13.0 Å². The molecule has 0 bridgehead atoms. The molecule has 0 amide bonds. The molecule has 0 fully saturated rings. The van der Waals surface area contributed by atoms with Gasteiger partial charge in [-0.05, 0) is 31.0 Å². The molecule has 0 aliphatic carbocycles. The van der Waals surface area contributed by atoms with Gasteiger partial charge in [-0.3, -0.25) is 0 Å². The van der Waals surface area contributed by atoms with Crippen LogP contribution in [0.1, 0.15) is 23.7 Å². The second-order valence-corrected chi connectivity index (χ2v) is 4.57. The normalized spacial score (nSPS) is 20.5. The molecular formula is C13H16N2. The Labute approximate surface area is 89.7 Å². The lowest BCUT2D eigenvalue weighted by molar-refractivity contribution is 0.511. The van der Waals surface area contributed by atoms with Crippen molar-refractivity contribution in [3.05, 3.63) is 35.0 Å². The van der Waals surface area contributed by atoms with Crippen molar-refractivity contribution in [2.24, 2.45) is 0 Å². The van der Waals surface area contributed by atoms with Gasteiger partial charge in [0.25, 0.3) is 0 Å². The zero-order valence-corrected chi connectivity index (χ0v) is 9.22. The van der Waals surface area contributed by atoms with Gasteiger partial charge in [-0.2, -0.15) is 0 Å². The van der Waals surface area contributed by atoms with E-state index in [1.165, 1.54) is 27.7 Å². The van der Waals surface area contributed by atoms with Crippen LogP contribution in [0.15, 0.2) is 18.2 Å². The van der Waals surface area contributed by atoms with Gasteiger partial charge in [-0.15, -0.1) is 0 Å². The van der Waals surface area contributed by atoms with E-state index in [4.69, 9.17) is 0 Å². The average Bonchev–Trinajstić information content (AvgIpc) is 2.56. The van der Waals surface area contributed by atoms with Gasteiger partial charge in [0.15, 0.2) is 0 Å². The summed E-state index contributed by atoms with van der Waals surface area (Å²) in [5, 5.41) is 4.95. The van der Waals surface area contributed by atoms with Gasteiger partial charge in [0.2, 0.25) is 0 Å². The van der Waals surface area contributed by atoms with Crippen molar-refractivity contribution < 1.29 is 0 Å². The smallest absolute Gasteiger partial charge is 0.0462 e. The summed E-state index contributed by atoms with van der Waals surface area (Å²) in [6, 6.07) is 7.07. The van der Waals surface area contributed by atoms with E-state index in [1.807, 2.05) is 0 Å². The zero-order chi connectivity index (χ0) is 10.4. The number of fused-ring (bicyclic) bond motifs is 3. The fourth-order valence-electron chi connectivity index (χ4n) is 2.59. The van der Waals surface area contributed by atoms with Crippen LogP contribution in [0.2, 0.25) is 0 Å². The number of nitrogens with one attached hydrogen (secondary N) is 2. The van der Waals surface area contributed by atoms with E-state index in [1.54, 1.807) is 0 Å². The molecule has 0 saturated carbocycles. The third kappa shape index (κ3) is 1.29. The van der Waals surface area contributed by atoms with Gasteiger partial charge in [0.1, 0.15) is 0 Å². The van der Waals surface area contributed by atoms with E-state index >= 15 is 0 Å². The van der Waals surface area contributed by atoms with Crippen LogP contribution in [0.5, 0.6) is 0 Å². The van der Waals surface area contributed by atoms with E-state index in [-0.39, 0.29) is 0 Å². The summed E-state index contributed by atoms with van der Waals surface area (Å²) in [6.45, 7) is 5.43. The first kappa shape index (κ1) is 8.98. The highest BCUT2D eigenvalue weighted by molar-refractivity contribution is 5.88. The highest BCUT2D eigenvalue weighted by Crippen LogP contribution is 2.28. The Morgan fingerprint density at radius 3 is 3.07 bits per heavy atom. The number of aryl methyl sites for hydroxylation is 1. The molecule has 1 aromatic carbocycles. The largest absolute Gasteiger partial charge is 0.358 e. The Hall–Kier alpha value is -1.28. The number of H-pyrrole nitrogens is 1. The highest BCUT2D eigenvalue weighted by atomic mass is 14.9. The van der Waals surface area contributed by atoms with E-state index in [0.29, 0.717) is 6.04 Å². The summed E-state index contributed by atoms with van der Waals surface area (Å²) < 4.78 is 0. The molecule has 15 heavy (non-hydrogen) atoms. The summed E-state index contributed by atoms with van der Waals surface area (Å²) in [5.74, 6) is 0. The first-order chi connectivity index (χ1) is 7.25. The minimum atomic E-state index is 0.589. The lowest BCUT2D eigenvalue weighted by Crippen LogP contribution is -2.32. The zero-order valence-electron chi connectivity index (χ0n) is 9.22. The van der Waals surface area contributed by atoms with Crippen molar-refractivity contribution in [3.63, 3.8) is 0 Å². The number of aromatic amines is 1. The third-order valence-electron chi connectivity index (χ3n) is 3.36. The van der Waals surface area contributed by atoms with Gasteiger partial charge in [0, 0.05) is 35.6 Å². The lowest BCUT2D eigenvalue weighted by Gasteiger charge is -2.20. The summed E-state index contributed by atoms with van der Waals surface area (Å²) >= 11 is 0. The van der Waals surface area contributed by atoms with Gasteiger partial charge < -0.3 is 10.3 Å². The van der Waals surface area contributed by atoms with Gasteiger partial charge in [-0.1, -0.05) is 12.1 Å². The summed E-state index contributed by atoms with van der Waals surface area (Å²) in [6.07, 6.45) is 1.11. The molecule has 2 aromatic rings. The Morgan fingerprint density at radius 1 is 1.33 bits per heavy atom. The first-order valence-corrected chi connectivity index (χ1v) is 5.58. The molecule has 0 radical (unpaired) electrons. The van der Waals surface area contributed by atoms with Crippen LogP contribution < -0.4 is 5.32 Å². The molecule has 0 spiro atoms. The second-order valence-electron chi connectivity index (χ2n) is 4.57. The molecule has 1 unspecified atom stereocenters. The Morgan fingerprint density at radius 2 is 2.20 bits per heavy atom. The van der Waals surface area contributed by atoms with Crippen molar-refractivity contribution in [1.29, 1.82) is 0 Å². The topological polar surface area (TPSA) is 27.8 Å². The van der Waals surface area contributed by atoms with Crippen LogP contribution >= 0.6 is 0 Å². The van der Waals surface area contributed by atoms with E-state index in [9.17, 15) is 0 Å². The third-order valence-corrected chi connectivity index (χ3v) is 3.36. The quantitative estimate of drug-likeness (QED) is 0.672. The summed E-state index contributed by atoms with van der Waals surface area (Å²) in [4.78, 5) is 3.55. The van der Waals surface area contributed by atoms with Gasteiger partial charge in [-0.25, -0.2) is 0 Å². The Balaban J connectivity index is 2.29. The maximum atomic E-state index is 3.55. The fraction of sp³-hybridized carbons (Fsp3) is 0.385. The minimum absolute atomic E-state index is 0.589. The molecule has 1 aromatic heterocycles. The number of benzene rings is 1. The van der Waals surface area contributed by atoms with Crippen molar-refractivity contribution in [2.75, 3.05) is 0 Å². The lowest BCUT2D eigenvalue weighted by atomic mass is 9.99. The van der Waals surface area contributed by atoms with Crippen LogP contribution in [0.4, 0.5) is 0 Å². The van der Waals surface area contributed by atoms with E-state index in [2.05, 4.69) is 42.3 Å². The molecule has 1 aliphatic heterocycles. The van der Waals surface area contributed by atoms with Crippen LogP contribution in [-0.4, -0.2) is 11.0 Å². The Kier molecular flexibility index (Phi) is 1.86. The average molecular weight is 200 g/mol. The molecule has 3 rings (SSSR count). The fourth-order valence-corrected chi connectivity index (χ4v) is 2.59. The predicted molar refractivity (Wildman–Crippen MR) is 63.0 cm³/mol. The molecule has 1 aliphatic rings. The van der Waals surface area contributed by atoms with Gasteiger partial charge >= 0.3 is 0 Å². The summed E-state index contributed by atoms with van der Waals surface area (Å²) in [5.41, 5.74) is 5.56. The van der Waals surface area contributed by atoms with Crippen molar-refractivity contribution >= 4 is 10.9 Å². The maximum absolute atomic E-state index is 3.55. The number of hydrogen-bond donors (Lipinski definition) is 2. The standard InChI is InChI=1S/C13H16N2/c1-8-4-3-5-11-13(8)10-7-14-9(2)6-12(10)15-11/h3-5,9,14-15H,6-7H2,1-2H3. The van der Waals surface area contributed by atoms with Crippen LogP contribution in [0, 0.1) is 6.92 Å². The molecule has 2 N–H and O–H groups in total. The SMILES string of the molecule is Cc1cccc2[nH]c3c(c12)CNC(C)C3. The van der Waals surface area contributed by atoms with E-state index < -0.39 is 0 Å². The molecule has 78 valence electrons. The Bertz CT molecular complexity index is 510. The first-order valence-electron chi connectivity index (χ1n) is 5.58. The number of hydrogen-bond acceptors (Lipinski definition) is 1. The van der Waals surface area contributed by atoms with Crippen LogP contribution in [0.3, 0.4) is 0 Å². The van der Waals surface area contributed by atoms with Crippen molar-refractivity contribution in [3.8, 4) is 0 Å². The monoisotopic (exact) mass is 200 g/mol. The van der Waals surface area contributed by atoms with E-state index in [0.717, 1.165) is 13.0 Å². The minimum Gasteiger partial charge on any atom is -0.358 e. The van der Waals surface area contributed by atoms with Gasteiger partial charge in [0.05, 0.1) is 0 Å². The summed E-state index contributed by atoms with van der Waals surface area (Å²) in [7, 11) is 0. The molecule has 0 saturated heterocycles. The predicted octanol–water partition coefficient (Wildman–Crippen LogP) is 2.51. The molecule has 2 heterocycles. The number of aromatic nitrogens is 1. The number of rotatable bonds is 0. The van der Waals surface area contributed by atoms with Crippen molar-refractivity contribution in [1.82, 2.24) is 10.3 Å². The molecule has 2 heteroatoms. The molecular weight excluding hydrogens is 184 g/mol. The molecule has 2 nitrogen and oxygen atoms in total. The van der Waals surface area contributed by atoms with Crippen molar-refractivity contribution in [2.45, 2.75) is 32.9 Å². The van der Waals surface area contributed by atoms with Crippen LogP contribution in [0.25, 0.3) is 10.9 Å². The highest BCUT2D eigenvalue weighted by Gasteiger charge is 2.19.